The van der Waals surface area contributed by atoms with Crippen molar-refractivity contribution in [3.05, 3.63) is 53.6 Å². The number of amides is 2. The molecule has 1 saturated heterocycles. The minimum atomic E-state index is -0.820. The fourth-order valence-electron chi connectivity index (χ4n) is 3.47. The van der Waals surface area contributed by atoms with Crippen molar-refractivity contribution >= 4 is 17.5 Å². The Balaban J connectivity index is 1.89. The number of carbonyl (C=O) groups excluding carboxylic acids is 2. The molecule has 1 aromatic carbocycles. The van der Waals surface area contributed by atoms with Crippen molar-refractivity contribution in [3.63, 3.8) is 0 Å². The van der Waals surface area contributed by atoms with E-state index in [1.54, 1.807) is 12.1 Å². The van der Waals surface area contributed by atoms with E-state index in [0.29, 0.717) is 23.4 Å². The van der Waals surface area contributed by atoms with Crippen LogP contribution in [0, 0.1) is 5.82 Å². The zero-order valence-corrected chi connectivity index (χ0v) is 15.9. The lowest BCUT2D eigenvalue weighted by molar-refractivity contribution is -0.130. The lowest BCUT2D eigenvalue weighted by Crippen LogP contribution is -2.33. The lowest BCUT2D eigenvalue weighted by atomic mass is 9.87. The zero-order valence-electron chi connectivity index (χ0n) is 15.9. The van der Waals surface area contributed by atoms with E-state index >= 15 is 0 Å². The van der Waals surface area contributed by atoms with Crippen molar-refractivity contribution in [2.45, 2.75) is 37.9 Å². The maximum atomic E-state index is 13.6. The highest BCUT2D eigenvalue weighted by molar-refractivity contribution is 5.97. The van der Waals surface area contributed by atoms with E-state index in [1.165, 1.54) is 31.5 Å². The van der Waals surface area contributed by atoms with E-state index in [4.69, 9.17) is 15.2 Å². The SMILES string of the molecule is COc1cc(F)ccc1[C@@H]1CC(C)(C)O[C@@H]1C(=O)Nc1ccnc(C(N)=O)c1. The van der Waals surface area contributed by atoms with Gasteiger partial charge in [0.15, 0.2) is 0 Å². The van der Waals surface area contributed by atoms with Crippen LogP contribution in [0.25, 0.3) is 0 Å². The van der Waals surface area contributed by atoms with Crippen LogP contribution in [0.3, 0.4) is 0 Å². The number of ether oxygens (including phenoxy) is 2. The van der Waals surface area contributed by atoms with E-state index in [9.17, 15) is 14.0 Å². The molecule has 2 amide bonds. The van der Waals surface area contributed by atoms with Crippen LogP contribution in [0.4, 0.5) is 10.1 Å². The molecule has 148 valence electrons. The van der Waals surface area contributed by atoms with Crippen molar-refractivity contribution in [1.82, 2.24) is 4.98 Å². The van der Waals surface area contributed by atoms with Crippen molar-refractivity contribution in [1.29, 1.82) is 0 Å². The van der Waals surface area contributed by atoms with Crippen LogP contribution in [0.2, 0.25) is 0 Å². The standard InChI is InChI=1S/C20H22FN3O4/c1-20(2)10-14(13-5-4-11(21)8-16(13)27-3)17(28-20)19(26)24-12-6-7-23-15(9-12)18(22)25/h4-9,14,17H,10H2,1-3H3,(H2,22,25)(H,23,24,26)/t14-,17-/m0/s1. The van der Waals surface area contributed by atoms with Gasteiger partial charge in [0.25, 0.3) is 11.8 Å². The number of hydrogen-bond acceptors (Lipinski definition) is 5. The van der Waals surface area contributed by atoms with Crippen molar-refractivity contribution in [3.8, 4) is 5.75 Å². The summed E-state index contributed by atoms with van der Waals surface area (Å²) in [5.41, 5.74) is 5.80. The second kappa shape index (κ2) is 7.55. The maximum Gasteiger partial charge on any atom is 0.267 e. The minimum absolute atomic E-state index is 0.0437. The van der Waals surface area contributed by atoms with Gasteiger partial charge in [-0.05, 0) is 38.5 Å². The Morgan fingerprint density at radius 2 is 2.07 bits per heavy atom. The molecule has 1 fully saturated rings. The van der Waals surface area contributed by atoms with E-state index in [1.807, 2.05) is 13.8 Å². The normalized spacial score (nSPS) is 20.6. The van der Waals surface area contributed by atoms with Gasteiger partial charge >= 0.3 is 0 Å². The summed E-state index contributed by atoms with van der Waals surface area (Å²) in [6.45, 7) is 3.78. The third kappa shape index (κ3) is 4.12. The Labute approximate surface area is 162 Å². The molecule has 2 aromatic rings. The molecule has 2 atom stereocenters. The summed E-state index contributed by atoms with van der Waals surface area (Å²) in [5.74, 6) is -1.46. The highest BCUT2D eigenvalue weighted by atomic mass is 19.1. The fourth-order valence-corrected chi connectivity index (χ4v) is 3.47. The second-order valence-corrected chi connectivity index (χ2v) is 7.28. The molecule has 3 rings (SSSR count). The molecule has 1 aromatic heterocycles. The number of hydrogen-bond donors (Lipinski definition) is 2. The van der Waals surface area contributed by atoms with E-state index in [-0.39, 0.29) is 17.5 Å². The smallest absolute Gasteiger partial charge is 0.267 e. The summed E-state index contributed by atoms with van der Waals surface area (Å²) in [7, 11) is 1.45. The van der Waals surface area contributed by atoms with Gasteiger partial charge < -0.3 is 20.5 Å². The lowest BCUT2D eigenvalue weighted by Gasteiger charge is -2.21. The molecule has 0 radical (unpaired) electrons. The first-order valence-electron chi connectivity index (χ1n) is 8.78. The van der Waals surface area contributed by atoms with Crippen LogP contribution in [0.15, 0.2) is 36.5 Å². The third-order valence-electron chi connectivity index (χ3n) is 4.66. The number of rotatable bonds is 5. The van der Waals surface area contributed by atoms with Crippen molar-refractivity contribution in [2.24, 2.45) is 5.73 Å². The first-order valence-corrected chi connectivity index (χ1v) is 8.78. The Kier molecular flexibility index (Phi) is 5.33. The quantitative estimate of drug-likeness (QED) is 0.821. The minimum Gasteiger partial charge on any atom is -0.496 e. The van der Waals surface area contributed by atoms with Gasteiger partial charge in [-0.2, -0.15) is 0 Å². The van der Waals surface area contributed by atoms with Gasteiger partial charge in [-0.3, -0.25) is 14.6 Å². The van der Waals surface area contributed by atoms with E-state index < -0.39 is 23.4 Å². The molecular formula is C20H22FN3O4. The fraction of sp³-hybridized carbons (Fsp3) is 0.350. The number of benzene rings is 1. The Hall–Kier alpha value is -3.00. The zero-order chi connectivity index (χ0) is 20.5. The molecule has 0 unspecified atom stereocenters. The average Bonchev–Trinajstić information content (AvgIpc) is 2.97. The van der Waals surface area contributed by atoms with Gasteiger partial charge in [0.2, 0.25) is 0 Å². The van der Waals surface area contributed by atoms with Crippen molar-refractivity contribution in [2.75, 3.05) is 12.4 Å². The first-order chi connectivity index (χ1) is 13.2. The number of methoxy groups -OCH3 is 1. The van der Waals surface area contributed by atoms with Crippen LogP contribution in [0.1, 0.15) is 42.2 Å². The maximum absolute atomic E-state index is 13.6. The molecule has 28 heavy (non-hydrogen) atoms. The summed E-state index contributed by atoms with van der Waals surface area (Å²) in [6, 6.07) is 7.19. The largest absolute Gasteiger partial charge is 0.496 e. The number of primary amides is 1. The number of nitrogens with zero attached hydrogens (tertiary/aromatic N) is 1. The predicted octanol–water partition coefficient (Wildman–Crippen LogP) is 2.62. The Morgan fingerprint density at radius 3 is 2.75 bits per heavy atom. The first kappa shape index (κ1) is 19.8. The number of anilines is 1. The van der Waals surface area contributed by atoms with Crippen LogP contribution >= 0.6 is 0 Å². The number of carbonyl (C=O) groups is 2. The van der Waals surface area contributed by atoms with Crippen LogP contribution < -0.4 is 15.8 Å². The predicted molar refractivity (Wildman–Crippen MR) is 101 cm³/mol. The Morgan fingerprint density at radius 1 is 1.32 bits per heavy atom. The average molecular weight is 387 g/mol. The molecule has 7 nitrogen and oxygen atoms in total. The van der Waals surface area contributed by atoms with Gasteiger partial charge in [0, 0.05) is 29.4 Å². The highest BCUT2D eigenvalue weighted by Crippen LogP contribution is 2.44. The summed E-state index contributed by atoms with van der Waals surface area (Å²) in [4.78, 5) is 28.1. The topological polar surface area (TPSA) is 104 Å². The van der Waals surface area contributed by atoms with Crippen molar-refractivity contribution < 1.29 is 23.5 Å². The molecule has 2 heterocycles. The molecule has 0 saturated carbocycles. The van der Waals surface area contributed by atoms with Gasteiger partial charge in [-0.15, -0.1) is 0 Å². The van der Waals surface area contributed by atoms with E-state index in [2.05, 4.69) is 10.3 Å². The Bertz CT molecular complexity index is 916. The van der Waals surface area contributed by atoms with Crippen LogP contribution in [-0.2, 0) is 9.53 Å². The number of nitrogens with two attached hydrogens (primary N) is 1. The number of pyridine rings is 1. The third-order valence-corrected chi connectivity index (χ3v) is 4.66. The van der Waals surface area contributed by atoms with E-state index in [0.717, 1.165) is 0 Å². The number of halogens is 1. The molecule has 1 aliphatic rings. The van der Waals surface area contributed by atoms with Gasteiger partial charge in [-0.25, -0.2) is 4.39 Å². The second-order valence-electron chi connectivity index (χ2n) is 7.28. The number of aromatic nitrogens is 1. The molecule has 0 aliphatic carbocycles. The molecule has 0 spiro atoms. The highest BCUT2D eigenvalue weighted by Gasteiger charge is 2.45. The van der Waals surface area contributed by atoms with Gasteiger partial charge in [-0.1, -0.05) is 6.07 Å². The molecule has 0 bridgehead atoms. The monoisotopic (exact) mass is 387 g/mol. The summed E-state index contributed by atoms with van der Waals surface area (Å²) < 4.78 is 24.9. The molecule has 3 N–H and O–H groups in total. The van der Waals surface area contributed by atoms with Crippen LogP contribution in [-0.4, -0.2) is 35.6 Å². The summed E-state index contributed by atoms with van der Waals surface area (Å²) >= 11 is 0. The van der Waals surface area contributed by atoms with Gasteiger partial charge in [0.05, 0.1) is 12.7 Å². The van der Waals surface area contributed by atoms with Gasteiger partial charge in [0.1, 0.15) is 23.4 Å². The number of nitrogens with one attached hydrogen (secondary N) is 1. The summed E-state index contributed by atoms with van der Waals surface area (Å²) in [6.07, 6.45) is 1.12. The summed E-state index contributed by atoms with van der Waals surface area (Å²) in [5, 5.41) is 2.74. The van der Waals surface area contributed by atoms with Crippen LogP contribution in [0.5, 0.6) is 5.75 Å². The molecule has 8 heteroatoms. The molecular weight excluding hydrogens is 365 g/mol. The molecule has 1 aliphatic heterocycles.